The van der Waals surface area contributed by atoms with E-state index >= 15 is 0 Å². The number of ether oxygens (including phenoxy) is 1. The third-order valence-electron chi connectivity index (χ3n) is 2.94. The van der Waals surface area contributed by atoms with Gasteiger partial charge in [-0.25, -0.2) is 0 Å². The summed E-state index contributed by atoms with van der Waals surface area (Å²) in [6, 6.07) is 14.9. The fourth-order valence-electron chi connectivity index (χ4n) is 1.86. The topological polar surface area (TPSA) is 38.3 Å². The van der Waals surface area contributed by atoms with Crippen molar-refractivity contribution in [1.29, 1.82) is 0 Å². The lowest BCUT2D eigenvalue weighted by atomic mass is 10.3. The Hall–Kier alpha value is -1.65. The molecule has 2 rings (SSSR count). The van der Waals surface area contributed by atoms with E-state index in [0.29, 0.717) is 23.1 Å². The Labute approximate surface area is 140 Å². The number of hydrogen-bond acceptors (Lipinski definition) is 3. The summed E-state index contributed by atoms with van der Waals surface area (Å²) in [5, 5.41) is 3.38. The molecule has 1 N–H and O–H groups in total. The van der Waals surface area contributed by atoms with Crippen molar-refractivity contribution in [2.24, 2.45) is 0 Å². The second-order valence-electron chi connectivity index (χ2n) is 4.63. The molecule has 5 heteroatoms. The van der Waals surface area contributed by atoms with Gasteiger partial charge in [-0.3, -0.25) is 4.79 Å². The Kier molecular flexibility index (Phi) is 6.16. The van der Waals surface area contributed by atoms with E-state index in [9.17, 15) is 4.79 Å². The summed E-state index contributed by atoms with van der Waals surface area (Å²) >= 11 is 7.35. The number of rotatable bonds is 6. The largest absolute Gasteiger partial charge is 0.492 e. The first kappa shape index (κ1) is 16.7. The van der Waals surface area contributed by atoms with E-state index in [4.69, 9.17) is 16.3 Å². The standard InChI is InChI=1S/C17H18ClNO2S/c1-3-21-16-7-5-4-6-15(16)19-17(20)12(2)22-14-10-8-13(18)9-11-14/h4-12H,3H2,1-2H3,(H,19,20). The number of carbonyl (C=O) groups excluding carboxylic acids is 1. The molecule has 0 spiro atoms. The lowest BCUT2D eigenvalue weighted by Gasteiger charge is -2.14. The lowest BCUT2D eigenvalue weighted by molar-refractivity contribution is -0.115. The predicted molar refractivity (Wildman–Crippen MR) is 93.0 cm³/mol. The van der Waals surface area contributed by atoms with Crippen molar-refractivity contribution < 1.29 is 9.53 Å². The van der Waals surface area contributed by atoms with Gasteiger partial charge in [0, 0.05) is 9.92 Å². The Balaban J connectivity index is 2.01. The zero-order chi connectivity index (χ0) is 15.9. The molecular weight excluding hydrogens is 318 g/mol. The van der Waals surface area contributed by atoms with E-state index in [1.807, 2.05) is 62.4 Å². The molecule has 0 saturated heterocycles. The summed E-state index contributed by atoms with van der Waals surface area (Å²) in [5.74, 6) is 0.620. The van der Waals surface area contributed by atoms with Crippen LogP contribution in [0.3, 0.4) is 0 Å². The molecule has 0 aliphatic carbocycles. The maximum atomic E-state index is 12.3. The fourth-order valence-corrected chi connectivity index (χ4v) is 2.85. The number of para-hydroxylation sites is 2. The number of carbonyl (C=O) groups is 1. The number of halogens is 1. The van der Waals surface area contributed by atoms with E-state index in [0.717, 1.165) is 4.90 Å². The van der Waals surface area contributed by atoms with Gasteiger partial charge >= 0.3 is 0 Å². The average molecular weight is 336 g/mol. The van der Waals surface area contributed by atoms with Gasteiger partial charge in [0.05, 0.1) is 17.5 Å². The van der Waals surface area contributed by atoms with Crippen LogP contribution in [-0.2, 0) is 4.79 Å². The summed E-state index contributed by atoms with van der Waals surface area (Å²) in [5.41, 5.74) is 0.693. The molecule has 0 saturated carbocycles. The molecule has 2 aromatic carbocycles. The highest BCUT2D eigenvalue weighted by Crippen LogP contribution is 2.28. The molecule has 0 aromatic heterocycles. The van der Waals surface area contributed by atoms with Gasteiger partial charge in [-0.1, -0.05) is 23.7 Å². The molecule has 1 unspecified atom stereocenters. The van der Waals surface area contributed by atoms with Gasteiger partial charge in [-0.15, -0.1) is 11.8 Å². The summed E-state index contributed by atoms with van der Waals surface area (Å²) in [6.45, 7) is 4.34. The molecule has 116 valence electrons. The molecule has 22 heavy (non-hydrogen) atoms. The Morgan fingerprint density at radius 3 is 2.59 bits per heavy atom. The van der Waals surface area contributed by atoms with Crippen molar-refractivity contribution in [2.75, 3.05) is 11.9 Å². The lowest BCUT2D eigenvalue weighted by Crippen LogP contribution is -2.22. The third-order valence-corrected chi connectivity index (χ3v) is 4.30. The van der Waals surface area contributed by atoms with Crippen molar-refractivity contribution in [3.05, 3.63) is 53.6 Å². The molecule has 2 aromatic rings. The molecule has 1 atom stereocenters. The first-order valence-corrected chi connectivity index (χ1v) is 8.31. The second-order valence-corrected chi connectivity index (χ2v) is 6.48. The van der Waals surface area contributed by atoms with Crippen molar-refractivity contribution in [3.8, 4) is 5.75 Å². The van der Waals surface area contributed by atoms with Gasteiger partial charge in [-0.05, 0) is 50.2 Å². The second kappa shape index (κ2) is 8.11. The van der Waals surface area contributed by atoms with Gasteiger partial charge in [0.25, 0.3) is 0 Å². The number of benzene rings is 2. The van der Waals surface area contributed by atoms with E-state index in [1.54, 1.807) is 0 Å². The van der Waals surface area contributed by atoms with Crippen LogP contribution < -0.4 is 10.1 Å². The number of hydrogen-bond donors (Lipinski definition) is 1. The number of amides is 1. The summed E-state index contributed by atoms with van der Waals surface area (Å²) in [7, 11) is 0. The minimum atomic E-state index is -0.226. The first-order chi connectivity index (χ1) is 10.6. The van der Waals surface area contributed by atoms with E-state index < -0.39 is 0 Å². The smallest absolute Gasteiger partial charge is 0.237 e. The number of thioether (sulfide) groups is 1. The van der Waals surface area contributed by atoms with Gasteiger partial charge < -0.3 is 10.1 Å². The Bertz CT molecular complexity index is 631. The van der Waals surface area contributed by atoms with E-state index in [-0.39, 0.29) is 11.2 Å². The minimum absolute atomic E-state index is 0.0629. The monoisotopic (exact) mass is 335 g/mol. The van der Waals surface area contributed by atoms with Crippen LogP contribution in [0, 0.1) is 0 Å². The molecule has 1 amide bonds. The molecule has 0 bridgehead atoms. The Morgan fingerprint density at radius 1 is 1.23 bits per heavy atom. The average Bonchev–Trinajstić information content (AvgIpc) is 2.51. The molecular formula is C17H18ClNO2S. The van der Waals surface area contributed by atoms with E-state index in [2.05, 4.69) is 5.32 Å². The van der Waals surface area contributed by atoms with Crippen LogP contribution >= 0.6 is 23.4 Å². The summed E-state index contributed by atoms with van der Waals surface area (Å²) in [6.07, 6.45) is 0. The highest BCUT2D eigenvalue weighted by Gasteiger charge is 2.16. The minimum Gasteiger partial charge on any atom is -0.492 e. The summed E-state index contributed by atoms with van der Waals surface area (Å²) in [4.78, 5) is 13.3. The van der Waals surface area contributed by atoms with Gasteiger partial charge in [0.2, 0.25) is 5.91 Å². The third kappa shape index (κ3) is 4.68. The van der Waals surface area contributed by atoms with Crippen LogP contribution in [-0.4, -0.2) is 17.8 Å². The maximum absolute atomic E-state index is 12.3. The quantitative estimate of drug-likeness (QED) is 0.766. The Morgan fingerprint density at radius 2 is 1.91 bits per heavy atom. The molecule has 0 aliphatic rings. The zero-order valence-electron chi connectivity index (χ0n) is 12.5. The number of anilines is 1. The molecule has 0 radical (unpaired) electrons. The maximum Gasteiger partial charge on any atom is 0.237 e. The van der Waals surface area contributed by atoms with Crippen molar-refractivity contribution in [3.63, 3.8) is 0 Å². The molecule has 0 aliphatic heterocycles. The van der Waals surface area contributed by atoms with Crippen LogP contribution in [0.1, 0.15) is 13.8 Å². The molecule has 0 heterocycles. The van der Waals surface area contributed by atoms with Crippen molar-refractivity contribution in [1.82, 2.24) is 0 Å². The molecule has 0 fully saturated rings. The van der Waals surface area contributed by atoms with Crippen LogP contribution in [0.2, 0.25) is 5.02 Å². The molecule has 3 nitrogen and oxygen atoms in total. The number of nitrogens with one attached hydrogen (secondary N) is 1. The van der Waals surface area contributed by atoms with Gasteiger partial charge in [-0.2, -0.15) is 0 Å². The van der Waals surface area contributed by atoms with Gasteiger partial charge in [0.1, 0.15) is 5.75 Å². The highest BCUT2D eigenvalue weighted by atomic mass is 35.5. The highest BCUT2D eigenvalue weighted by molar-refractivity contribution is 8.00. The first-order valence-electron chi connectivity index (χ1n) is 7.05. The zero-order valence-corrected chi connectivity index (χ0v) is 14.1. The fraction of sp³-hybridized carbons (Fsp3) is 0.235. The van der Waals surface area contributed by atoms with Crippen molar-refractivity contribution >= 4 is 35.0 Å². The SMILES string of the molecule is CCOc1ccccc1NC(=O)C(C)Sc1ccc(Cl)cc1. The summed E-state index contributed by atoms with van der Waals surface area (Å²) < 4.78 is 5.51. The van der Waals surface area contributed by atoms with Crippen LogP contribution in [0.5, 0.6) is 5.75 Å². The van der Waals surface area contributed by atoms with Crippen LogP contribution in [0.15, 0.2) is 53.4 Å². The van der Waals surface area contributed by atoms with Crippen LogP contribution in [0.4, 0.5) is 5.69 Å². The van der Waals surface area contributed by atoms with Crippen molar-refractivity contribution in [2.45, 2.75) is 24.0 Å². The normalized spacial score (nSPS) is 11.8. The van der Waals surface area contributed by atoms with Gasteiger partial charge in [0.15, 0.2) is 0 Å². The van der Waals surface area contributed by atoms with Crippen LogP contribution in [0.25, 0.3) is 0 Å². The predicted octanol–water partition coefficient (Wildman–Crippen LogP) is 4.86. The van der Waals surface area contributed by atoms with E-state index in [1.165, 1.54) is 11.8 Å².